The maximum absolute atomic E-state index is 3.53. The predicted molar refractivity (Wildman–Crippen MR) is 104 cm³/mol. The number of nitrogens with one attached hydrogen (secondary N) is 4. The molecule has 0 aromatic rings. The van der Waals surface area contributed by atoms with Crippen LogP contribution in [0.3, 0.4) is 0 Å². The van der Waals surface area contributed by atoms with Gasteiger partial charge in [0.05, 0.1) is 0 Å². The highest BCUT2D eigenvalue weighted by Gasteiger charge is 1.96. The summed E-state index contributed by atoms with van der Waals surface area (Å²) in [6, 6.07) is 0. The highest BCUT2D eigenvalue weighted by Crippen LogP contribution is 2.02. The summed E-state index contributed by atoms with van der Waals surface area (Å²) in [5, 5.41) is 13.5. The van der Waals surface area contributed by atoms with Crippen LogP contribution >= 0.6 is 0 Å². The second kappa shape index (κ2) is 17.7. The Hall–Kier alpha value is -0.680. The second-order valence-corrected chi connectivity index (χ2v) is 6.08. The van der Waals surface area contributed by atoms with Gasteiger partial charge >= 0.3 is 0 Å². The quantitative estimate of drug-likeness (QED) is 0.260. The highest BCUT2D eigenvalue weighted by atomic mass is 14.9. The van der Waals surface area contributed by atoms with Crippen molar-refractivity contribution < 1.29 is 0 Å². The zero-order valence-corrected chi connectivity index (χ0v) is 15.9. The van der Waals surface area contributed by atoms with Crippen molar-refractivity contribution in [2.24, 2.45) is 0 Å². The number of hydrogen-bond donors (Lipinski definition) is 4. The Balaban J connectivity index is 3.31. The Morgan fingerprint density at radius 2 is 1.00 bits per heavy atom. The normalized spacial score (nSPS) is 12.9. The Kier molecular flexibility index (Phi) is 17.1. The molecule has 0 radical (unpaired) electrons. The number of likely N-dealkylation sites (N-methyl/N-ethyl adjacent to an activating group) is 2. The molecule has 0 atom stereocenters. The second-order valence-electron chi connectivity index (χ2n) is 6.08. The van der Waals surface area contributed by atoms with Crippen LogP contribution in [0.2, 0.25) is 0 Å². The zero-order valence-electron chi connectivity index (χ0n) is 15.9. The molecule has 23 heavy (non-hydrogen) atoms. The molecule has 0 saturated heterocycles. The zero-order chi connectivity index (χ0) is 17.2. The van der Waals surface area contributed by atoms with Gasteiger partial charge in [-0.1, -0.05) is 31.4 Å². The third-order valence-electron chi connectivity index (χ3n) is 4.04. The molecule has 4 nitrogen and oxygen atoms in total. The van der Waals surface area contributed by atoms with Gasteiger partial charge in [0.15, 0.2) is 0 Å². The first kappa shape index (κ1) is 22.3. The summed E-state index contributed by atoms with van der Waals surface area (Å²) >= 11 is 0. The summed E-state index contributed by atoms with van der Waals surface area (Å²) in [5.74, 6) is 0. The van der Waals surface area contributed by atoms with E-state index >= 15 is 0 Å². The fraction of sp³-hybridized carbons (Fsp3) is 0.789. The lowest BCUT2D eigenvalue weighted by Crippen LogP contribution is -2.23. The van der Waals surface area contributed by atoms with Crippen LogP contribution in [0.15, 0.2) is 23.3 Å². The molecule has 0 rings (SSSR count). The van der Waals surface area contributed by atoms with Crippen LogP contribution in [0.4, 0.5) is 0 Å². The van der Waals surface area contributed by atoms with E-state index in [1.807, 2.05) is 14.1 Å². The Labute approximate surface area is 144 Å². The van der Waals surface area contributed by atoms with Crippen molar-refractivity contribution in [2.45, 2.75) is 46.0 Å². The summed E-state index contributed by atoms with van der Waals surface area (Å²) in [6.45, 7) is 10.5. The van der Waals surface area contributed by atoms with E-state index in [-0.39, 0.29) is 0 Å². The Bertz CT molecular complexity index is 280. The smallest absolute Gasteiger partial charge is 0.0177 e. The molecule has 0 bridgehead atoms. The van der Waals surface area contributed by atoms with Gasteiger partial charge in [0, 0.05) is 26.2 Å². The SMILES string of the molecule is C/C=C(\CNC)CNCCCCCCCNC/C(=C/C)CNC. The number of allylic oxidation sites excluding steroid dienone is 2. The van der Waals surface area contributed by atoms with Gasteiger partial charge in [0.1, 0.15) is 0 Å². The van der Waals surface area contributed by atoms with E-state index in [1.54, 1.807) is 0 Å². The van der Waals surface area contributed by atoms with E-state index in [1.165, 1.54) is 43.3 Å². The van der Waals surface area contributed by atoms with Crippen LogP contribution in [0.1, 0.15) is 46.0 Å². The lowest BCUT2D eigenvalue weighted by molar-refractivity contribution is 0.566. The molecule has 0 spiro atoms. The minimum Gasteiger partial charge on any atom is -0.316 e. The Morgan fingerprint density at radius 1 is 0.609 bits per heavy atom. The van der Waals surface area contributed by atoms with E-state index in [4.69, 9.17) is 0 Å². The summed E-state index contributed by atoms with van der Waals surface area (Å²) in [4.78, 5) is 0. The highest BCUT2D eigenvalue weighted by molar-refractivity contribution is 5.04. The van der Waals surface area contributed by atoms with Crippen molar-refractivity contribution >= 4 is 0 Å². The van der Waals surface area contributed by atoms with E-state index < -0.39 is 0 Å². The van der Waals surface area contributed by atoms with Gasteiger partial charge in [-0.3, -0.25) is 0 Å². The first-order valence-corrected chi connectivity index (χ1v) is 9.27. The lowest BCUT2D eigenvalue weighted by Gasteiger charge is -2.09. The fourth-order valence-electron chi connectivity index (χ4n) is 2.52. The molecule has 0 aromatic heterocycles. The lowest BCUT2D eigenvalue weighted by atomic mass is 10.1. The van der Waals surface area contributed by atoms with E-state index in [0.717, 1.165) is 39.3 Å². The van der Waals surface area contributed by atoms with Crippen LogP contribution in [-0.2, 0) is 0 Å². The fourth-order valence-corrected chi connectivity index (χ4v) is 2.52. The van der Waals surface area contributed by atoms with Gasteiger partial charge in [-0.15, -0.1) is 0 Å². The summed E-state index contributed by atoms with van der Waals surface area (Å²) in [6.07, 6.45) is 11.0. The van der Waals surface area contributed by atoms with Crippen molar-refractivity contribution in [3.63, 3.8) is 0 Å². The summed E-state index contributed by atoms with van der Waals surface area (Å²) in [7, 11) is 4.00. The monoisotopic (exact) mass is 324 g/mol. The van der Waals surface area contributed by atoms with Crippen LogP contribution in [0.25, 0.3) is 0 Å². The minimum absolute atomic E-state index is 0.986. The third kappa shape index (κ3) is 14.6. The molecular formula is C19H40N4. The van der Waals surface area contributed by atoms with Crippen molar-refractivity contribution in [2.75, 3.05) is 53.4 Å². The number of hydrogen-bond acceptors (Lipinski definition) is 4. The van der Waals surface area contributed by atoms with Gasteiger partial charge in [-0.25, -0.2) is 0 Å². The average molecular weight is 325 g/mol. The van der Waals surface area contributed by atoms with E-state index in [0.29, 0.717) is 0 Å². The van der Waals surface area contributed by atoms with E-state index in [2.05, 4.69) is 47.3 Å². The predicted octanol–water partition coefficient (Wildman–Crippen LogP) is 2.45. The molecule has 4 heteroatoms. The third-order valence-corrected chi connectivity index (χ3v) is 4.04. The minimum atomic E-state index is 0.986. The molecule has 0 aliphatic carbocycles. The van der Waals surface area contributed by atoms with Crippen LogP contribution < -0.4 is 21.3 Å². The number of rotatable bonds is 16. The molecule has 0 fully saturated rings. The first-order valence-electron chi connectivity index (χ1n) is 9.27. The van der Waals surface area contributed by atoms with Crippen LogP contribution in [-0.4, -0.2) is 53.4 Å². The maximum Gasteiger partial charge on any atom is 0.0177 e. The molecule has 0 aliphatic rings. The van der Waals surface area contributed by atoms with Crippen molar-refractivity contribution in [3.05, 3.63) is 23.3 Å². The number of unbranched alkanes of at least 4 members (excludes halogenated alkanes) is 4. The summed E-state index contributed by atoms with van der Waals surface area (Å²) < 4.78 is 0. The topological polar surface area (TPSA) is 48.1 Å². The van der Waals surface area contributed by atoms with Crippen molar-refractivity contribution in [1.29, 1.82) is 0 Å². The molecular weight excluding hydrogens is 284 g/mol. The molecule has 0 unspecified atom stereocenters. The largest absolute Gasteiger partial charge is 0.316 e. The van der Waals surface area contributed by atoms with Gasteiger partial charge in [0.25, 0.3) is 0 Å². The molecule has 136 valence electrons. The molecule has 0 heterocycles. The molecule has 4 N–H and O–H groups in total. The van der Waals surface area contributed by atoms with E-state index in [9.17, 15) is 0 Å². The molecule has 0 aliphatic heterocycles. The molecule has 0 saturated carbocycles. The van der Waals surface area contributed by atoms with Crippen molar-refractivity contribution in [3.8, 4) is 0 Å². The molecule has 0 aromatic carbocycles. The standard InChI is InChI=1S/C19H40N4/c1-5-18(14-20-3)16-22-12-10-8-7-9-11-13-23-17-19(6-2)15-21-4/h5-6,20-23H,7-17H2,1-4H3/b18-5+,19-6+. The molecule has 0 amide bonds. The van der Waals surface area contributed by atoms with Crippen LogP contribution in [0.5, 0.6) is 0 Å². The van der Waals surface area contributed by atoms with Gasteiger partial charge in [-0.05, 0) is 65.0 Å². The summed E-state index contributed by atoms with van der Waals surface area (Å²) in [5.41, 5.74) is 2.88. The van der Waals surface area contributed by atoms with Gasteiger partial charge in [0.2, 0.25) is 0 Å². The average Bonchev–Trinajstić information content (AvgIpc) is 2.57. The maximum atomic E-state index is 3.53. The van der Waals surface area contributed by atoms with Crippen LogP contribution in [0, 0.1) is 0 Å². The van der Waals surface area contributed by atoms with Gasteiger partial charge < -0.3 is 21.3 Å². The Morgan fingerprint density at radius 3 is 1.35 bits per heavy atom. The van der Waals surface area contributed by atoms with Crippen molar-refractivity contribution in [1.82, 2.24) is 21.3 Å². The first-order chi connectivity index (χ1) is 11.3. The van der Waals surface area contributed by atoms with Gasteiger partial charge in [-0.2, -0.15) is 0 Å².